The van der Waals surface area contributed by atoms with Crippen molar-refractivity contribution in [1.82, 2.24) is 4.57 Å². The molecule has 2 rings (SSSR count). The fourth-order valence-corrected chi connectivity index (χ4v) is 1.91. The molecule has 0 amide bonds. The van der Waals surface area contributed by atoms with Gasteiger partial charge in [-0.15, -0.1) is 0 Å². The number of nitrogens with zero attached hydrogens (tertiary/aromatic N) is 1. The van der Waals surface area contributed by atoms with E-state index in [0.717, 1.165) is 11.1 Å². The van der Waals surface area contributed by atoms with Crippen molar-refractivity contribution in [3.05, 3.63) is 42.2 Å². The van der Waals surface area contributed by atoms with Gasteiger partial charge in [0, 0.05) is 23.5 Å². The molecule has 0 spiro atoms. The van der Waals surface area contributed by atoms with E-state index in [1.807, 2.05) is 44.3 Å². The van der Waals surface area contributed by atoms with Crippen LogP contribution in [0.4, 0.5) is 5.69 Å². The summed E-state index contributed by atoms with van der Waals surface area (Å²) in [6, 6.07) is 9.19. The Morgan fingerprint density at radius 1 is 1.22 bits per heavy atom. The largest absolute Gasteiger partial charge is 0.477 e. The van der Waals surface area contributed by atoms with E-state index in [0.29, 0.717) is 11.4 Å². The van der Waals surface area contributed by atoms with Crippen molar-refractivity contribution in [2.75, 3.05) is 5.73 Å². The lowest BCUT2D eigenvalue weighted by Gasteiger charge is -2.09. The summed E-state index contributed by atoms with van der Waals surface area (Å²) in [5, 5.41) is 9.18. The number of nitrogens with two attached hydrogens (primary N) is 1. The highest BCUT2D eigenvalue weighted by molar-refractivity contribution is 5.88. The number of aromatic carboxylic acids is 1. The number of nitrogen functional groups attached to an aromatic ring is 1. The smallest absolute Gasteiger partial charge is 0.352 e. The van der Waals surface area contributed by atoms with Gasteiger partial charge in [0.05, 0.1) is 0 Å². The molecule has 4 heteroatoms. The second-order valence-corrected chi connectivity index (χ2v) is 4.54. The predicted molar refractivity (Wildman–Crippen MR) is 71.6 cm³/mol. The number of anilines is 1. The van der Waals surface area contributed by atoms with Gasteiger partial charge in [0.25, 0.3) is 0 Å². The summed E-state index contributed by atoms with van der Waals surface area (Å²) in [4.78, 5) is 11.2. The second kappa shape index (κ2) is 4.56. The van der Waals surface area contributed by atoms with Crippen LogP contribution in [0.1, 0.15) is 30.4 Å². The number of rotatable bonds is 3. The van der Waals surface area contributed by atoms with Gasteiger partial charge in [0.15, 0.2) is 0 Å². The zero-order valence-corrected chi connectivity index (χ0v) is 10.4. The van der Waals surface area contributed by atoms with E-state index in [1.54, 1.807) is 10.6 Å². The molecule has 4 nitrogen and oxygen atoms in total. The van der Waals surface area contributed by atoms with E-state index in [4.69, 9.17) is 5.73 Å². The van der Waals surface area contributed by atoms with Crippen LogP contribution in [-0.4, -0.2) is 15.6 Å². The maximum Gasteiger partial charge on any atom is 0.352 e. The Bertz CT molecular complexity index is 568. The summed E-state index contributed by atoms with van der Waals surface area (Å²) in [6.07, 6.45) is 1.86. The van der Waals surface area contributed by atoms with Gasteiger partial charge in [0.1, 0.15) is 5.69 Å². The topological polar surface area (TPSA) is 68.2 Å². The Kier molecular flexibility index (Phi) is 3.10. The van der Waals surface area contributed by atoms with Gasteiger partial charge in [-0.25, -0.2) is 4.79 Å². The van der Waals surface area contributed by atoms with Crippen LogP contribution in [0.15, 0.2) is 36.5 Å². The first-order chi connectivity index (χ1) is 8.49. The van der Waals surface area contributed by atoms with E-state index in [9.17, 15) is 9.90 Å². The molecule has 0 unspecified atom stereocenters. The number of carboxylic acids is 1. The van der Waals surface area contributed by atoms with Crippen LogP contribution in [0, 0.1) is 0 Å². The highest BCUT2D eigenvalue weighted by Crippen LogP contribution is 2.25. The van der Waals surface area contributed by atoms with Gasteiger partial charge < -0.3 is 15.4 Å². The number of hydrogen-bond donors (Lipinski definition) is 2. The molecule has 0 bridgehead atoms. The molecule has 0 aliphatic rings. The normalized spacial score (nSPS) is 10.8. The van der Waals surface area contributed by atoms with E-state index in [1.165, 1.54) is 0 Å². The molecule has 0 saturated carbocycles. The van der Waals surface area contributed by atoms with Crippen molar-refractivity contribution in [2.45, 2.75) is 19.9 Å². The third-order valence-corrected chi connectivity index (χ3v) is 2.87. The minimum atomic E-state index is -0.912. The van der Waals surface area contributed by atoms with Crippen LogP contribution < -0.4 is 5.73 Å². The Morgan fingerprint density at radius 3 is 2.28 bits per heavy atom. The summed E-state index contributed by atoms with van der Waals surface area (Å²) in [5.41, 5.74) is 8.49. The first-order valence-electron chi connectivity index (χ1n) is 5.80. The van der Waals surface area contributed by atoms with Crippen molar-refractivity contribution in [1.29, 1.82) is 0 Å². The Labute approximate surface area is 106 Å². The standard InChI is InChI=1S/C14H16N2O2/c1-9(2)16-8-11(7-13(16)14(17)18)10-3-5-12(15)6-4-10/h3-9H,15H2,1-2H3,(H,17,18). The molecular weight excluding hydrogens is 228 g/mol. The SMILES string of the molecule is CC(C)n1cc(-c2ccc(N)cc2)cc1C(=O)O. The fourth-order valence-electron chi connectivity index (χ4n) is 1.91. The molecule has 0 saturated heterocycles. The van der Waals surface area contributed by atoms with Crippen molar-refractivity contribution in [2.24, 2.45) is 0 Å². The van der Waals surface area contributed by atoms with Crippen LogP contribution in [0.2, 0.25) is 0 Å². The predicted octanol–water partition coefficient (Wildman–Crippen LogP) is 3.02. The van der Waals surface area contributed by atoms with Crippen molar-refractivity contribution in [3.63, 3.8) is 0 Å². The van der Waals surface area contributed by atoms with Gasteiger partial charge >= 0.3 is 5.97 Å². The van der Waals surface area contributed by atoms with Crippen molar-refractivity contribution >= 4 is 11.7 Å². The maximum atomic E-state index is 11.2. The zero-order chi connectivity index (χ0) is 13.3. The first kappa shape index (κ1) is 12.2. The Hall–Kier alpha value is -2.23. The third kappa shape index (κ3) is 2.22. The van der Waals surface area contributed by atoms with E-state index in [2.05, 4.69) is 0 Å². The Morgan fingerprint density at radius 2 is 1.83 bits per heavy atom. The lowest BCUT2D eigenvalue weighted by molar-refractivity contribution is 0.0683. The summed E-state index contributed by atoms with van der Waals surface area (Å²) < 4.78 is 1.76. The number of aromatic nitrogens is 1. The quantitative estimate of drug-likeness (QED) is 0.815. The summed E-state index contributed by atoms with van der Waals surface area (Å²) in [7, 11) is 0. The molecule has 1 aromatic heterocycles. The molecule has 3 N–H and O–H groups in total. The average molecular weight is 244 g/mol. The molecule has 0 radical (unpaired) electrons. The highest BCUT2D eigenvalue weighted by Gasteiger charge is 2.15. The number of hydrogen-bond acceptors (Lipinski definition) is 2. The van der Waals surface area contributed by atoms with Gasteiger partial charge in [0.2, 0.25) is 0 Å². The van der Waals surface area contributed by atoms with E-state index < -0.39 is 5.97 Å². The van der Waals surface area contributed by atoms with E-state index >= 15 is 0 Å². The average Bonchev–Trinajstić information content (AvgIpc) is 2.75. The number of benzene rings is 1. The van der Waals surface area contributed by atoms with Crippen LogP contribution >= 0.6 is 0 Å². The minimum Gasteiger partial charge on any atom is -0.477 e. The summed E-state index contributed by atoms with van der Waals surface area (Å²) >= 11 is 0. The molecule has 1 heterocycles. The summed E-state index contributed by atoms with van der Waals surface area (Å²) in [5.74, 6) is -0.912. The minimum absolute atomic E-state index is 0.110. The molecule has 94 valence electrons. The third-order valence-electron chi connectivity index (χ3n) is 2.87. The maximum absolute atomic E-state index is 11.2. The summed E-state index contributed by atoms with van der Waals surface area (Å²) in [6.45, 7) is 3.92. The van der Waals surface area contributed by atoms with Crippen LogP contribution in [0.5, 0.6) is 0 Å². The molecule has 1 aromatic carbocycles. The fraction of sp³-hybridized carbons (Fsp3) is 0.214. The Balaban J connectivity index is 2.49. The lowest BCUT2D eigenvalue weighted by atomic mass is 10.1. The number of carboxylic acid groups (broad SMARTS) is 1. The van der Waals surface area contributed by atoms with Gasteiger partial charge in [-0.2, -0.15) is 0 Å². The molecule has 18 heavy (non-hydrogen) atoms. The molecule has 0 atom stereocenters. The van der Waals surface area contributed by atoms with Crippen LogP contribution in [-0.2, 0) is 0 Å². The first-order valence-corrected chi connectivity index (χ1v) is 5.80. The van der Waals surface area contributed by atoms with Gasteiger partial charge in [-0.05, 0) is 37.6 Å². The van der Waals surface area contributed by atoms with Crippen LogP contribution in [0.25, 0.3) is 11.1 Å². The molecular formula is C14H16N2O2. The van der Waals surface area contributed by atoms with Crippen molar-refractivity contribution in [3.8, 4) is 11.1 Å². The monoisotopic (exact) mass is 244 g/mol. The van der Waals surface area contributed by atoms with Crippen molar-refractivity contribution < 1.29 is 9.90 Å². The zero-order valence-electron chi connectivity index (χ0n) is 10.4. The second-order valence-electron chi connectivity index (χ2n) is 4.54. The van der Waals surface area contributed by atoms with E-state index in [-0.39, 0.29) is 6.04 Å². The molecule has 0 fully saturated rings. The lowest BCUT2D eigenvalue weighted by Crippen LogP contribution is -2.09. The number of carbonyl (C=O) groups is 1. The van der Waals surface area contributed by atoms with Gasteiger partial charge in [-0.1, -0.05) is 12.1 Å². The van der Waals surface area contributed by atoms with Crippen LogP contribution in [0.3, 0.4) is 0 Å². The van der Waals surface area contributed by atoms with Gasteiger partial charge in [-0.3, -0.25) is 0 Å². The molecule has 0 aliphatic heterocycles. The molecule has 2 aromatic rings. The molecule has 0 aliphatic carbocycles. The highest BCUT2D eigenvalue weighted by atomic mass is 16.4.